The van der Waals surface area contributed by atoms with Gasteiger partial charge in [0.05, 0.1) is 10.6 Å². The number of phenols is 1. The molecule has 9 heteroatoms. The molecule has 0 aliphatic rings. The summed E-state index contributed by atoms with van der Waals surface area (Å²) in [5.41, 5.74) is 0.211. The van der Waals surface area contributed by atoms with Crippen LogP contribution in [-0.2, 0) is 14.9 Å². The fourth-order valence-electron chi connectivity index (χ4n) is 1.83. The molecule has 118 valence electrons. The summed E-state index contributed by atoms with van der Waals surface area (Å²) in [6.07, 6.45) is 0. The fraction of sp³-hybridized carbons (Fsp3) is 0.154. The maximum absolute atomic E-state index is 11.8. The molecule has 0 bridgehead atoms. The van der Waals surface area contributed by atoms with E-state index in [2.05, 4.69) is 37.2 Å². The molecule has 0 spiro atoms. The Morgan fingerprint density at radius 2 is 1.95 bits per heavy atom. The van der Waals surface area contributed by atoms with Gasteiger partial charge in [0.2, 0.25) is 5.91 Å². The zero-order valence-corrected chi connectivity index (χ0v) is 14.9. The maximum Gasteiger partial charge on any atom is 0.294 e. The number of alkyl halides is 2. The molecular weight excluding hydrogens is 442 g/mol. The molecule has 6 nitrogen and oxygen atoms in total. The molecule has 0 saturated carbocycles. The molecule has 2 rings (SSSR count). The molecule has 0 aliphatic heterocycles. The first-order valence-corrected chi connectivity index (χ1v) is 9.46. The van der Waals surface area contributed by atoms with E-state index >= 15 is 0 Å². The van der Waals surface area contributed by atoms with Crippen molar-refractivity contribution in [3.05, 3.63) is 30.3 Å². The fourth-order valence-corrected chi connectivity index (χ4v) is 2.76. The molecule has 0 aliphatic carbocycles. The van der Waals surface area contributed by atoms with Gasteiger partial charge < -0.3 is 10.4 Å². The molecule has 1 atom stereocenters. The van der Waals surface area contributed by atoms with Gasteiger partial charge in [-0.05, 0) is 29.7 Å². The van der Waals surface area contributed by atoms with Crippen LogP contribution >= 0.6 is 31.9 Å². The Hall–Kier alpha value is -1.16. The molecule has 2 aromatic carbocycles. The molecule has 1 unspecified atom stereocenters. The Morgan fingerprint density at radius 1 is 1.27 bits per heavy atom. The zero-order valence-electron chi connectivity index (χ0n) is 11.0. The monoisotopic (exact) mass is 451 g/mol. The summed E-state index contributed by atoms with van der Waals surface area (Å²) in [6.45, 7) is 0. The van der Waals surface area contributed by atoms with Gasteiger partial charge >= 0.3 is 0 Å². The lowest BCUT2D eigenvalue weighted by Gasteiger charge is -2.12. The molecular formula is C13H11Br2NO5S. The van der Waals surface area contributed by atoms with Crippen molar-refractivity contribution in [1.82, 2.24) is 0 Å². The van der Waals surface area contributed by atoms with Gasteiger partial charge in [0, 0.05) is 10.7 Å². The number of fused-ring (bicyclic) bond motifs is 1. The van der Waals surface area contributed by atoms with Gasteiger partial charge in [0.25, 0.3) is 10.1 Å². The molecule has 0 aromatic heterocycles. The van der Waals surface area contributed by atoms with E-state index in [1.54, 1.807) is 0 Å². The second kappa shape index (κ2) is 6.53. The molecule has 0 saturated heterocycles. The normalized spacial score (nSPS) is 13.0. The van der Waals surface area contributed by atoms with Gasteiger partial charge in [-0.15, -0.1) is 0 Å². The molecule has 1 amide bonds. The van der Waals surface area contributed by atoms with Crippen LogP contribution in [0.1, 0.15) is 0 Å². The predicted molar refractivity (Wildman–Crippen MR) is 90.6 cm³/mol. The van der Waals surface area contributed by atoms with E-state index in [1.807, 2.05) is 0 Å². The Balaban J connectivity index is 2.45. The average molecular weight is 453 g/mol. The van der Waals surface area contributed by atoms with Crippen LogP contribution < -0.4 is 5.32 Å². The van der Waals surface area contributed by atoms with Crippen LogP contribution in [0.4, 0.5) is 5.69 Å². The standard InChI is InChI=1S/C13H11Br2NO5S/c14-6-10(15)13(18)16-11-4-1-7-5-8(22(19,20)21)2-3-9(7)12(11)17/h1-5,10,17H,6H2,(H,16,18)(H,19,20,21). The summed E-state index contributed by atoms with van der Waals surface area (Å²) in [4.78, 5) is 11.1. The van der Waals surface area contributed by atoms with Crippen LogP contribution in [0.25, 0.3) is 10.8 Å². The maximum atomic E-state index is 11.8. The van der Waals surface area contributed by atoms with Crippen molar-refractivity contribution in [2.45, 2.75) is 9.72 Å². The van der Waals surface area contributed by atoms with E-state index in [4.69, 9.17) is 4.55 Å². The van der Waals surface area contributed by atoms with Crippen molar-refractivity contribution < 1.29 is 22.9 Å². The number of amides is 1. The van der Waals surface area contributed by atoms with Crippen LogP contribution in [0.2, 0.25) is 0 Å². The quantitative estimate of drug-likeness (QED) is 0.376. The summed E-state index contributed by atoms with van der Waals surface area (Å²) >= 11 is 6.33. The number of rotatable bonds is 4. The highest BCUT2D eigenvalue weighted by molar-refractivity contribution is 9.12. The summed E-state index contributed by atoms with van der Waals surface area (Å²) < 4.78 is 31.2. The van der Waals surface area contributed by atoms with Crippen LogP contribution in [0.5, 0.6) is 5.75 Å². The van der Waals surface area contributed by atoms with Crippen molar-refractivity contribution in [2.24, 2.45) is 0 Å². The lowest BCUT2D eigenvalue weighted by molar-refractivity contribution is -0.115. The van der Waals surface area contributed by atoms with Gasteiger partial charge in [-0.3, -0.25) is 9.35 Å². The molecule has 0 heterocycles. The molecule has 2 aromatic rings. The number of aromatic hydroxyl groups is 1. The summed E-state index contributed by atoms with van der Waals surface area (Å²) in [6, 6.07) is 6.77. The minimum absolute atomic E-state index is 0.179. The van der Waals surface area contributed by atoms with E-state index in [1.165, 1.54) is 30.3 Å². The van der Waals surface area contributed by atoms with Crippen molar-refractivity contribution in [3.63, 3.8) is 0 Å². The van der Waals surface area contributed by atoms with E-state index in [0.717, 1.165) is 0 Å². The lowest BCUT2D eigenvalue weighted by Crippen LogP contribution is -2.23. The third-order valence-corrected chi connectivity index (χ3v) is 6.04. The number of benzene rings is 2. The molecule has 0 fully saturated rings. The minimum atomic E-state index is -4.31. The number of carbonyl (C=O) groups excluding carboxylic acids is 1. The Kier molecular flexibility index (Phi) is 5.10. The van der Waals surface area contributed by atoms with E-state index in [0.29, 0.717) is 16.1 Å². The Bertz CT molecular complexity index is 838. The number of hydrogen-bond acceptors (Lipinski definition) is 4. The predicted octanol–water partition coefficient (Wildman–Crippen LogP) is 2.89. The highest BCUT2D eigenvalue weighted by atomic mass is 79.9. The third-order valence-electron chi connectivity index (χ3n) is 2.94. The van der Waals surface area contributed by atoms with Crippen LogP contribution in [0.3, 0.4) is 0 Å². The van der Waals surface area contributed by atoms with Gasteiger partial charge in [-0.2, -0.15) is 8.42 Å². The largest absolute Gasteiger partial charge is 0.505 e. The van der Waals surface area contributed by atoms with Crippen molar-refractivity contribution in [1.29, 1.82) is 0 Å². The van der Waals surface area contributed by atoms with E-state index < -0.39 is 14.9 Å². The second-order valence-electron chi connectivity index (χ2n) is 4.43. The summed E-state index contributed by atoms with van der Waals surface area (Å²) in [5, 5.41) is 13.9. The van der Waals surface area contributed by atoms with Crippen molar-refractivity contribution in [3.8, 4) is 5.75 Å². The van der Waals surface area contributed by atoms with Crippen molar-refractivity contribution >= 4 is 64.3 Å². The topological polar surface area (TPSA) is 104 Å². The van der Waals surface area contributed by atoms with Gasteiger partial charge in [-0.25, -0.2) is 0 Å². The number of halogens is 2. The zero-order chi connectivity index (χ0) is 16.5. The number of hydrogen-bond donors (Lipinski definition) is 3. The first kappa shape index (κ1) is 17.2. The summed E-state index contributed by atoms with van der Waals surface area (Å²) in [7, 11) is -4.31. The summed E-state index contributed by atoms with van der Waals surface area (Å²) in [5.74, 6) is -0.511. The molecule has 0 radical (unpaired) electrons. The second-order valence-corrected chi connectivity index (χ2v) is 7.61. The number of phenolic OH excluding ortho intramolecular Hbond substituents is 1. The van der Waals surface area contributed by atoms with E-state index in [9.17, 15) is 18.3 Å². The van der Waals surface area contributed by atoms with Crippen LogP contribution in [0, 0.1) is 0 Å². The molecule has 22 heavy (non-hydrogen) atoms. The number of anilines is 1. The van der Waals surface area contributed by atoms with Crippen molar-refractivity contribution in [2.75, 3.05) is 10.6 Å². The van der Waals surface area contributed by atoms with Crippen LogP contribution in [0.15, 0.2) is 35.2 Å². The SMILES string of the molecule is O=C(Nc1ccc2cc(S(=O)(=O)O)ccc2c1O)C(Br)CBr. The Morgan fingerprint density at radius 3 is 2.55 bits per heavy atom. The average Bonchev–Trinajstić information content (AvgIpc) is 2.47. The van der Waals surface area contributed by atoms with Gasteiger partial charge in [0.15, 0.2) is 0 Å². The lowest BCUT2D eigenvalue weighted by atomic mass is 10.1. The van der Waals surface area contributed by atoms with Gasteiger partial charge in [-0.1, -0.05) is 37.9 Å². The third kappa shape index (κ3) is 3.60. The highest BCUT2D eigenvalue weighted by Crippen LogP contribution is 2.34. The van der Waals surface area contributed by atoms with Crippen LogP contribution in [-0.4, -0.2) is 34.1 Å². The first-order valence-electron chi connectivity index (χ1n) is 5.98. The first-order chi connectivity index (χ1) is 10.2. The van der Waals surface area contributed by atoms with E-state index in [-0.39, 0.29) is 22.2 Å². The molecule has 3 N–H and O–H groups in total. The number of carbonyl (C=O) groups is 1. The number of nitrogens with one attached hydrogen (secondary N) is 1. The highest BCUT2D eigenvalue weighted by Gasteiger charge is 2.17. The van der Waals surface area contributed by atoms with Gasteiger partial charge in [0.1, 0.15) is 10.6 Å². The smallest absolute Gasteiger partial charge is 0.294 e. The minimum Gasteiger partial charge on any atom is -0.505 e. The Labute approximate surface area is 143 Å².